The van der Waals surface area contributed by atoms with Crippen LogP contribution in [0, 0.1) is 6.07 Å². The van der Waals surface area contributed by atoms with Crippen LogP contribution in [-0.4, -0.2) is 6.18 Å². The monoisotopic (exact) mass is 391 g/mol. The Morgan fingerprint density at radius 2 is 1.84 bits per heavy atom. The minimum atomic E-state index is -4.21. The highest BCUT2D eigenvalue weighted by Crippen LogP contribution is 2.32. The highest BCUT2D eigenvalue weighted by atomic mass is 79.9. The summed E-state index contributed by atoms with van der Waals surface area (Å²) < 4.78 is 38.7. The van der Waals surface area contributed by atoms with Crippen LogP contribution >= 0.6 is 31.9 Å². The van der Waals surface area contributed by atoms with Gasteiger partial charge in [-0.1, -0.05) is 28.1 Å². The van der Waals surface area contributed by atoms with Gasteiger partial charge in [-0.2, -0.15) is 13.2 Å². The van der Waals surface area contributed by atoms with Gasteiger partial charge in [-0.25, -0.2) is 0 Å². The fraction of sp³-hybridized carbons (Fsp3) is 0.143. The third-order valence-corrected chi connectivity index (χ3v) is 3.64. The molecule has 0 aliphatic heterocycles. The molecule has 0 bridgehead atoms. The summed E-state index contributed by atoms with van der Waals surface area (Å²) in [6, 6.07) is 13.1. The molecule has 0 saturated heterocycles. The SMILES string of the molecule is FC(F)(F)Cc1c[c]c(Br)c(-c2cccc(Br)c2)c1. The molecule has 0 amide bonds. The van der Waals surface area contributed by atoms with Crippen molar-refractivity contribution >= 4 is 31.9 Å². The van der Waals surface area contributed by atoms with E-state index in [0.29, 0.717) is 10.0 Å². The van der Waals surface area contributed by atoms with Crippen LogP contribution in [0.2, 0.25) is 0 Å². The molecule has 0 atom stereocenters. The molecule has 0 spiro atoms. The molecule has 0 saturated carbocycles. The molecule has 0 fully saturated rings. The molecule has 0 aromatic heterocycles. The Hall–Kier alpha value is -0.810. The topological polar surface area (TPSA) is 0 Å². The summed E-state index contributed by atoms with van der Waals surface area (Å²) in [5.41, 5.74) is 1.73. The second-order valence-corrected chi connectivity index (χ2v) is 5.75. The van der Waals surface area contributed by atoms with Gasteiger partial charge in [0.25, 0.3) is 0 Å². The fourth-order valence-electron chi connectivity index (χ4n) is 1.72. The fourth-order valence-corrected chi connectivity index (χ4v) is 2.58. The molecule has 2 rings (SSSR count). The molecule has 99 valence electrons. The first-order valence-corrected chi connectivity index (χ1v) is 6.96. The highest BCUT2D eigenvalue weighted by Gasteiger charge is 2.27. The molecule has 0 nitrogen and oxygen atoms in total. The van der Waals surface area contributed by atoms with Gasteiger partial charge in [-0.05, 0) is 63.0 Å². The largest absolute Gasteiger partial charge is 0.393 e. The Labute approximate surface area is 125 Å². The van der Waals surface area contributed by atoms with Crippen molar-refractivity contribution in [2.24, 2.45) is 0 Å². The Bertz CT molecular complexity index is 591. The molecule has 5 heteroatoms. The maximum atomic E-state index is 12.4. The van der Waals surface area contributed by atoms with Gasteiger partial charge in [0, 0.05) is 8.95 Å². The van der Waals surface area contributed by atoms with Gasteiger partial charge in [0.15, 0.2) is 0 Å². The van der Waals surface area contributed by atoms with Crippen LogP contribution in [0.4, 0.5) is 13.2 Å². The van der Waals surface area contributed by atoms with E-state index in [1.807, 2.05) is 24.3 Å². The third kappa shape index (κ3) is 4.08. The van der Waals surface area contributed by atoms with Crippen molar-refractivity contribution in [1.29, 1.82) is 0 Å². The highest BCUT2D eigenvalue weighted by molar-refractivity contribution is 9.10. The maximum Gasteiger partial charge on any atom is 0.393 e. The van der Waals surface area contributed by atoms with Crippen molar-refractivity contribution in [2.45, 2.75) is 12.6 Å². The van der Waals surface area contributed by atoms with E-state index in [1.54, 1.807) is 0 Å². The summed E-state index contributed by atoms with van der Waals surface area (Å²) >= 11 is 6.67. The predicted molar refractivity (Wildman–Crippen MR) is 75.9 cm³/mol. The lowest BCUT2D eigenvalue weighted by Crippen LogP contribution is -2.11. The molecule has 0 aliphatic carbocycles. The van der Waals surface area contributed by atoms with Crippen molar-refractivity contribution in [3.63, 3.8) is 0 Å². The zero-order valence-corrected chi connectivity index (χ0v) is 12.7. The number of hydrogen-bond acceptors (Lipinski definition) is 0. The number of benzene rings is 2. The molecule has 1 radical (unpaired) electrons. The molecule has 2 aromatic carbocycles. The summed E-state index contributed by atoms with van der Waals surface area (Å²) in [4.78, 5) is 0. The average Bonchev–Trinajstić information content (AvgIpc) is 2.30. The van der Waals surface area contributed by atoms with Gasteiger partial charge < -0.3 is 0 Å². The Balaban J connectivity index is 2.43. The Kier molecular flexibility index (Phi) is 4.36. The minimum Gasteiger partial charge on any atom is -0.171 e. The summed E-state index contributed by atoms with van der Waals surface area (Å²) in [7, 11) is 0. The van der Waals surface area contributed by atoms with Crippen LogP contribution in [0.5, 0.6) is 0 Å². The van der Waals surface area contributed by atoms with Crippen LogP contribution in [-0.2, 0) is 6.42 Å². The molecule has 0 N–H and O–H groups in total. The van der Waals surface area contributed by atoms with Gasteiger partial charge in [-0.15, -0.1) is 0 Å². The Morgan fingerprint density at radius 1 is 1.11 bits per heavy atom. The third-order valence-electron chi connectivity index (χ3n) is 2.49. The zero-order chi connectivity index (χ0) is 14.0. The number of alkyl halides is 3. The number of hydrogen-bond donors (Lipinski definition) is 0. The normalized spacial score (nSPS) is 11.6. The van der Waals surface area contributed by atoms with E-state index in [2.05, 4.69) is 37.9 Å². The first kappa shape index (κ1) is 14.6. The molecular formula is C14H8Br2F3. The number of halogens is 5. The minimum absolute atomic E-state index is 0.200. The second-order valence-electron chi connectivity index (χ2n) is 4.04. The summed E-state index contributed by atoms with van der Waals surface area (Å²) in [5.74, 6) is 0. The van der Waals surface area contributed by atoms with Crippen LogP contribution in [0.1, 0.15) is 5.56 Å². The van der Waals surface area contributed by atoms with E-state index >= 15 is 0 Å². The molecule has 19 heavy (non-hydrogen) atoms. The van der Waals surface area contributed by atoms with Crippen LogP contribution in [0.15, 0.2) is 45.3 Å². The lowest BCUT2D eigenvalue weighted by Gasteiger charge is -2.10. The van der Waals surface area contributed by atoms with E-state index in [4.69, 9.17) is 0 Å². The summed E-state index contributed by atoms with van der Waals surface area (Å²) in [6.07, 6.45) is -5.16. The smallest absolute Gasteiger partial charge is 0.171 e. The van der Waals surface area contributed by atoms with Gasteiger partial charge in [-0.3, -0.25) is 0 Å². The van der Waals surface area contributed by atoms with Crippen LogP contribution in [0.3, 0.4) is 0 Å². The van der Waals surface area contributed by atoms with Crippen LogP contribution in [0.25, 0.3) is 11.1 Å². The quantitative estimate of drug-likeness (QED) is 0.607. The first-order chi connectivity index (χ1) is 8.85. The van der Waals surface area contributed by atoms with Gasteiger partial charge in [0.1, 0.15) is 0 Å². The average molecular weight is 393 g/mol. The lowest BCUT2D eigenvalue weighted by atomic mass is 10.0. The molecule has 0 heterocycles. The summed E-state index contributed by atoms with van der Waals surface area (Å²) in [6.45, 7) is 0. The van der Waals surface area contributed by atoms with E-state index < -0.39 is 12.6 Å². The van der Waals surface area contributed by atoms with Crippen molar-refractivity contribution in [3.05, 3.63) is 57.0 Å². The Morgan fingerprint density at radius 3 is 2.47 bits per heavy atom. The second kappa shape index (κ2) is 5.67. The predicted octanol–water partition coefficient (Wildman–Crippen LogP) is 5.78. The van der Waals surface area contributed by atoms with Gasteiger partial charge >= 0.3 is 6.18 Å². The maximum absolute atomic E-state index is 12.4. The summed E-state index contributed by atoms with van der Waals surface area (Å²) in [5, 5.41) is 0. The molecule has 2 aromatic rings. The van der Waals surface area contributed by atoms with Crippen LogP contribution < -0.4 is 0 Å². The van der Waals surface area contributed by atoms with Gasteiger partial charge in [0.2, 0.25) is 0 Å². The van der Waals surface area contributed by atoms with E-state index in [9.17, 15) is 13.2 Å². The molecular weight excluding hydrogens is 385 g/mol. The first-order valence-electron chi connectivity index (χ1n) is 5.38. The molecule has 0 unspecified atom stereocenters. The lowest BCUT2D eigenvalue weighted by molar-refractivity contribution is -0.127. The van der Waals surface area contributed by atoms with Crippen molar-refractivity contribution in [2.75, 3.05) is 0 Å². The van der Waals surface area contributed by atoms with Crippen molar-refractivity contribution in [3.8, 4) is 11.1 Å². The van der Waals surface area contributed by atoms with Crippen molar-refractivity contribution in [1.82, 2.24) is 0 Å². The zero-order valence-electron chi connectivity index (χ0n) is 9.56. The standard InChI is InChI=1S/C14H8Br2F3/c15-11-3-1-2-10(7-11)12-6-9(4-5-13(12)16)8-14(17,18)19/h1-4,6-7H,8H2. The molecule has 0 aliphatic rings. The van der Waals surface area contributed by atoms with Crippen molar-refractivity contribution < 1.29 is 13.2 Å². The number of rotatable bonds is 2. The van der Waals surface area contributed by atoms with Gasteiger partial charge in [0.05, 0.1) is 6.42 Å². The van der Waals surface area contributed by atoms with E-state index in [-0.39, 0.29) is 5.56 Å². The van der Waals surface area contributed by atoms with E-state index in [0.717, 1.165) is 10.0 Å². The van der Waals surface area contributed by atoms with E-state index in [1.165, 1.54) is 12.1 Å².